The van der Waals surface area contributed by atoms with Gasteiger partial charge in [0, 0.05) is 55.5 Å². The molecule has 2 aliphatic rings. The Morgan fingerprint density at radius 1 is 1.12 bits per heavy atom. The number of piperidine rings is 1. The van der Waals surface area contributed by atoms with Gasteiger partial charge in [0.25, 0.3) is 0 Å². The molecule has 1 unspecified atom stereocenters. The molecule has 0 aliphatic carbocycles. The number of likely N-dealkylation sites (tertiary alicyclic amines) is 2. The lowest BCUT2D eigenvalue weighted by Crippen LogP contribution is -2.42. The van der Waals surface area contributed by atoms with Crippen LogP contribution < -0.4 is 0 Å². The molecule has 0 radical (unpaired) electrons. The van der Waals surface area contributed by atoms with Crippen molar-refractivity contribution in [1.29, 1.82) is 0 Å². The summed E-state index contributed by atoms with van der Waals surface area (Å²) in [6, 6.07) is 6.94. The fourth-order valence-corrected chi connectivity index (χ4v) is 3.91. The summed E-state index contributed by atoms with van der Waals surface area (Å²) in [5.74, 6) is 0.227. The van der Waals surface area contributed by atoms with Gasteiger partial charge in [-0.3, -0.25) is 14.4 Å². The van der Waals surface area contributed by atoms with Crippen molar-refractivity contribution in [3.05, 3.63) is 34.9 Å². The normalized spacial score (nSPS) is 20.5. The molecule has 140 valence electrons. The fourth-order valence-electron chi connectivity index (χ4n) is 3.79. The second-order valence-electron chi connectivity index (χ2n) is 7.14. The van der Waals surface area contributed by atoms with Crippen LogP contribution in [-0.2, 0) is 9.59 Å². The van der Waals surface area contributed by atoms with E-state index in [9.17, 15) is 14.4 Å². The van der Waals surface area contributed by atoms with Gasteiger partial charge in [0.15, 0.2) is 5.78 Å². The van der Waals surface area contributed by atoms with Crippen LogP contribution in [0.15, 0.2) is 24.3 Å². The summed E-state index contributed by atoms with van der Waals surface area (Å²) in [6.45, 7) is 2.68. The highest BCUT2D eigenvalue weighted by molar-refractivity contribution is 6.30. The van der Waals surface area contributed by atoms with Gasteiger partial charge in [0.05, 0.1) is 0 Å². The molecule has 0 spiro atoms. The number of hydrogen-bond acceptors (Lipinski definition) is 3. The minimum Gasteiger partial charge on any atom is -0.343 e. The first kappa shape index (κ1) is 18.9. The second kappa shape index (κ2) is 8.67. The van der Waals surface area contributed by atoms with Gasteiger partial charge in [0.2, 0.25) is 11.8 Å². The number of benzene rings is 1. The Morgan fingerprint density at radius 2 is 1.88 bits per heavy atom. The van der Waals surface area contributed by atoms with E-state index in [1.54, 1.807) is 24.3 Å². The third kappa shape index (κ3) is 4.64. The largest absolute Gasteiger partial charge is 0.343 e. The number of hydrogen-bond donors (Lipinski definition) is 0. The molecular formula is C20H25ClN2O3. The number of carbonyl (C=O) groups excluding carboxylic acids is 3. The first-order valence-corrected chi connectivity index (χ1v) is 9.78. The van der Waals surface area contributed by atoms with E-state index in [-0.39, 0.29) is 23.5 Å². The smallest absolute Gasteiger partial charge is 0.222 e. The molecule has 2 aliphatic heterocycles. The van der Waals surface area contributed by atoms with Crippen molar-refractivity contribution in [3.63, 3.8) is 0 Å². The Kier molecular flexibility index (Phi) is 6.30. The van der Waals surface area contributed by atoms with Gasteiger partial charge < -0.3 is 9.80 Å². The summed E-state index contributed by atoms with van der Waals surface area (Å²) in [6.07, 6.45) is 4.35. The first-order chi connectivity index (χ1) is 12.5. The molecule has 0 saturated carbocycles. The van der Waals surface area contributed by atoms with Crippen LogP contribution >= 0.6 is 11.6 Å². The highest BCUT2D eigenvalue weighted by Gasteiger charge is 2.29. The summed E-state index contributed by atoms with van der Waals surface area (Å²) >= 11 is 5.88. The lowest BCUT2D eigenvalue weighted by Gasteiger charge is -2.32. The summed E-state index contributed by atoms with van der Waals surface area (Å²) in [5.41, 5.74) is 0.654. The molecule has 1 aromatic carbocycles. The zero-order valence-corrected chi connectivity index (χ0v) is 15.7. The highest BCUT2D eigenvalue weighted by Crippen LogP contribution is 2.23. The maximum atomic E-state index is 12.7. The first-order valence-electron chi connectivity index (χ1n) is 9.40. The van der Waals surface area contributed by atoms with Crippen LogP contribution in [0.5, 0.6) is 0 Å². The topological polar surface area (TPSA) is 57.7 Å². The molecule has 6 heteroatoms. The molecule has 2 amide bonds. The number of carbonyl (C=O) groups is 3. The molecule has 1 aromatic rings. The minimum atomic E-state index is -0.144. The molecule has 0 aromatic heterocycles. The van der Waals surface area contributed by atoms with Gasteiger partial charge >= 0.3 is 0 Å². The third-order valence-electron chi connectivity index (χ3n) is 5.26. The van der Waals surface area contributed by atoms with Crippen LogP contribution in [-0.4, -0.2) is 53.6 Å². The van der Waals surface area contributed by atoms with Crippen molar-refractivity contribution in [2.75, 3.05) is 26.2 Å². The number of Topliss-reactive ketones (excluding diaryl/α,β-unsaturated/α-hetero) is 1. The van der Waals surface area contributed by atoms with E-state index >= 15 is 0 Å². The van der Waals surface area contributed by atoms with E-state index < -0.39 is 0 Å². The van der Waals surface area contributed by atoms with Gasteiger partial charge in [-0.2, -0.15) is 0 Å². The van der Waals surface area contributed by atoms with E-state index in [2.05, 4.69) is 0 Å². The van der Waals surface area contributed by atoms with Crippen LogP contribution in [0.2, 0.25) is 5.02 Å². The molecule has 2 saturated heterocycles. The van der Waals surface area contributed by atoms with Gasteiger partial charge in [-0.15, -0.1) is 0 Å². The molecule has 2 heterocycles. The molecule has 26 heavy (non-hydrogen) atoms. The second-order valence-corrected chi connectivity index (χ2v) is 7.57. The zero-order chi connectivity index (χ0) is 18.5. The zero-order valence-electron chi connectivity index (χ0n) is 15.0. The van der Waals surface area contributed by atoms with Crippen LogP contribution in [0.1, 0.15) is 48.9 Å². The predicted molar refractivity (Wildman–Crippen MR) is 100 cm³/mol. The van der Waals surface area contributed by atoms with E-state index in [0.717, 1.165) is 25.8 Å². The Balaban J connectivity index is 1.49. The number of nitrogens with zero attached hydrogens (tertiary/aromatic N) is 2. The van der Waals surface area contributed by atoms with Crippen molar-refractivity contribution >= 4 is 29.2 Å². The van der Waals surface area contributed by atoms with E-state index in [1.165, 1.54) is 0 Å². The molecule has 1 atom stereocenters. The highest BCUT2D eigenvalue weighted by atomic mass is 35.5. The number of rotatable bonds is 6. The summed E-state index contributed by atoms with van der Waals surface area (Å²) in [4.78, 5) is 40.4. The SMILES string of the molecule is O=C(c1ccc(Cl)cc1)C1CCCN(C(=O)CCCN2CCCC2=O)C1. The Morgan fingerprint density at radius 3 is 2.58 bits per heavy atom. The standard InChI is InChI=1S/C20H25ClN2O3/c21-17-9-7-15(8-10-17)20(26)16-4-1-13-23(14-16)19(25)6-3-12-22-11-2-5-18(22)24/h7-10,16H,1-6,11-14H2. The molecule has 3 rings (SSSR count). The van der Waals surface area contributed by atoms with E-state index in [0.29, 0.717) is 49.5 Å². The van der Waals surface area contributed by atoms with Crippen molar-refractivity contribution in [3.8, 4) is 0 Å². The van der Waals surface area contributed by atoms with Gasteiger partial charge in [0.1, 0.15) is 0 Å². The van der Waals surface area contributed by atoms with Crippen molar-refractivity contribution in [1.82, 2.24) is 9.80 Å². The van der Waals surface area contributed by atoms with Crippen LogP contribution in [0.25, 0.3) is 0 Å². The van der Waals surface area contributed by atoms with E-state index in [1.807, 2.05) is 9.80 Å². The maximum Gasteiger partial charge on any atom is 0.222 e. The van der Waals surface area contributed by atoms with Crippen LogP contribution in [0.3, 0.4) is 0 Å². The minimum absolute atomic E-state index is 0.0850. The fraction of sp³-hybridized carbons (Fsp3) is 0.550. The average molecular weight is 377 g/mol. The summed E-state index contributed by atoms with van der Waals surface area (Å²) < 4.78 is 0. The molecule has 2 fully saturated rings. The van der Waals surface area contributed by atoms with Crippen LogP contribution in [0, 0.1) is 5.92 Å². The van der Waals surface area contributed by atoms with Crippen LogP contribution in [0.4, 0.5) is 0 Å². The van der Waals surface area contributed by atoms with Crippen molar-refractivity contribution < 1.29 is 14.4 Å². The molecule has 0 N–H and O–H groups in total. The van der Waals surface area contributed by atoms with Gasteiger partial charge in [-0.05, 0) is 49.9 Å². The lowest BCUT2D eigenvalue weighted by molar-refractivity contribution is -0.133. The Hall–Kier alpha value is -1.88. The summed E-state index contributed by atoms with van der Waals surface area (Å²) in [5, 5.41) is 0.610. The van der Waals surface area contributed by atoms with Gasteiger partial charge in [-0.25, -0.2) is 0 Å². The average Bonchev–Trinajstić information content (AvgIpc) is 3.07. The van der Waals surface area contributed by atoms with E-state index in [4.69, 9.17) is 11.6 Å². The number of amides is 2. The lowest BCUT2D eigenvalue weighted by atomic mass is 9.90. The predicted octanol–water partition coefficient (Wildman–Crippen LogP) is 3.16. The maximum absolute atomic E-state index is 12.7. The molecule has 5 nitrogen and oxygen atoms in total. The molecular weight excluding hydrogens is 352 g/mol. The monoisotopic (exact) mass is 376 g/mol. The van der Waals surface area contributed by atoms with Crippen molar-refractivity contribution in [2.45, 2.75) is 38.5 Å². The Labute approximate surface area is 159 Å². The van der Waals surface area contributed by atoms with Gasteiger partial charge in [-0.1, -0.05) is 11.6 Å². The van der Waals surface area contributed by atoms with Crippen molar-refractivity contribution in [2.24, 2.45) is 5.92 Å². The molecule has 0 bridgehead atoms. The summed E-state index contributed by atoms with van der Waals surface area (Å²) in [7, 11) is 0. The quantitative estimate of drug-likeness (QED) is 0.716. The number of ketones is 1. The third-order valence-corrected chi connectivity index (χ3v) is 5.52. The Bertz CT molecular complexity index is 674. The number of halogens is 1.